The minimum Gasteiger partial charge on any atom is -0.477 e. The molecule has 0 atom stereocenters. The van der Waals surface area contributed by atoms with Crippen molar-refractivity contribution in [3.63, 3.8) is 0 Å². The second-order valence-corrected chi connectivity index (χ2v) is 5.32. The second-order valence-electron chi connectivity index (χ2n) is 4.88. The van der Waals surface area contributed by atoms with Crippen molar-refractivity contribution in [1.29, 1.82) is 0 Å². The summed E-state index contributed by atoms with van der Waals surface area (Å²) < 4.78 is 0. The van der Waals surface area contributed by atoms with Crippen molar-refractivity contribution in [3.8, 4) is 0 Å². The van der Waals surface area contributed by atoms with Gasteiger partial charge in [-0.3, -0.25) is 0 Å². The van der Waals surface area contributed by atoms with Crippen LogP contribution in [0, 0.1) is 6.92 Å². The summed E-state index contributed by atoms with van der Waals surface area (Å²) in [7, 11) is 0. The van der Waals surface area contributed by atoms with Gasteiger partial charge < -0.3 is 10.1 Å². The number of carboxylic acids is 1. The van der Waals surface area contributed by atoms with E-state index in [9.17, 15) is 9.90 Å². The lowest BCUT2D eigenvalue weighted by Gasteiger charge is -1.96. The van der Waals surface area contributed by atoms with Crippen molar-refractivity contribution in [3.05, 3.63) is 58.7 Å². The first-order valence-electron chi connectivity index (χ1n) is 6.57. The Morgan fingerprint density at radius 1 is 1.14 bits per heavy atom. The maximum atomic E-state index is 11.4. The van der Waals surface area contributed by atoms with Crippen molar-refractivity contribution >= 4 is 39.8 Å². The van der Waals surface area contributed by atoms with E-state index >= 15 is 0 Å². The van der Waals surface area contributed by atoms with Crippen LogP contribution in [-0.2, 0) is 0 Å². The number of nitrogens with zero attached hydrogens (tertiary/aromatic N) is 2. The van der Waals surface area contributed by atoms with E-state index in [-0.39, 0.29) is 11.4 Å². The second kappa shape index (κ2) is 5.61. The number of aromatic nitrogens is 1. The van der Waals surface area contributed by atoms with Gasteiger partial charge in [0.15, 0.2) is 5.69 Å². The minimum atomic E-state index is -1.09. The van der Waals surface area contributed by atoms with Crippen LogP contribution in [0.5, 0.6) is 0 Å². The number of H-pyrrole nitrogens is 1. The highest BCUT2D eigenvalue weighted by Crippen LogP contribution is 2.33. The lowest BCUT2D eigenvalue weighted by Crippen LogP contribution is -1.95. The van der Waals surface area contributed by atoms with E-state index in [1.807, 2.05) is 31.2 Å². The van der Waals surface area contributed by atoms with E-state index in [2.05, 4.69) is 15.2 Å². The topological polar surface area (TPSA) is 77.8 Å². The van der Waals surface area contributed by atoms with Crippen LogP contribution < -0.4 is 0 Å². The molecule has 22 heavy (non-hydrogen) atoms. The molecule has 0 spiro atoms. The number of carboxylic acid groups (broad SMARTS) is 1. The maximum absolute atomic E-state index is 11.4. The number of benzene rings is 2. The van der Waals surface area contributed by atoms with Crippen molar-refractivity contribution in [2.24, 2.45) is 10.2 Å². The van der Waals surface area contributed by atoms with Crippen LogP contribution >= 0.6 is 11.6 Å². The van der Waals surface area contributed by atoms with Crippen molar-refractivity contribution in [2.45, 2.75) is 6.92 Å². The molecule has 0 saturated carbocycles. The predicted octanol–water partition coefficient (Wildman–Crippen LogP) is 5.24. The van der Waals surface area contributed by atoms with Crippen LogP contribution in [0.4, 0.5) is 11.4 Å². The first-order chi connectivity index (χ1) is 10.5. The first-order valence-corrected chi connectivity index (χ1v) is 6.95. The number of aryl methyl sites for hydroxylation is 1. The van der Waals surface area contributed by atoms with Gasteiger partial charge in [-0.2, -0.15) is 5.11 Å². The maximum Gasteiger partial charge on any atom is 0.354 e. The monoisotopic (exact) mass is 313 g/mol. The number of halogens is 1. The largest absolute Gasteiger partial charge is 0.477 e. The highest BCUT2D eigenvalue weighted by Gasteiger charge is 2.17. The standard InChI is InChI=1S/C16H12ClN3O2/c1-9-2-5-11(6-3-9)19-20-14-12-8-10(17)4-7-13(12)18-15(14)16(21)22/h2-8,18H,1H3,(H,21,22). The number of azo groups is 1. The lowest BCUT2D eigenvalue weighted by molar-refractivity contribution is 0.0692. The van der Waals surface area contributed by atoms with E-state index in [0.29, 0.717) is 21.6 Å². The van der Waals surface area contributed by atoms with Crippen LogP contribution in [0.2, 0.25) is 5.02 Å². The van der Waals surface area contributed by atoms with Gasteiger partial charge >= 0.3 is 5.97 Å². The molecule has 0 unspecified atom stereocenters. The summed E-state index contributed by atoms with van der Waals surface area (Å²) >= 11 is 5.98. The Morgan fingerprint density at radius 2 is 1.86 bits per heavy atom. The highest BCUT2D eigenvalue weighted by atomic mass is 35.5. The van der Waals surface area contributed by atoms with Gasteiger partial charge in [-0.15, -0.1) is 5.11 Å². The predicted molar refractivity (Wildman–Crippen MR) is 85.6 cm³/mol. The Morgan fingerprint density at radius 3 is 2.55 bits per heavy atom. The van der Waals surface area contributed by atoms with Gasteiger partial charge in [0.05, 0.1) is 5.69 Å². The van der Waals surface area contributed by atoms with E-state index in [4.69, 9.17) is 11.6 Å². The van der Waals surface area contributed by atoms with Gasteiger partial charge in [-0.25, -0.2) is 4.79 Å². The van der Waals surface area contributed by atoms with Crippen LogP contribution in [0.15, 0.2) is 52.7 Å². The molecule has 1 heterocycles. The molecule has 0 saturated heterocycles. The smallest absolute Gasteiger partial charge is 0.354 e. The van der Waals surface area contributed by atoms with Crippen LogP contribution in [-0.4, -0.2) is 16.1 Å². The summed E-state index contributed by atoms with van der Waals surface area (Å²) in [6.45, 7) is 1.98. The molecule has 110 valence electrons. The van der Waals surface area contributed by atoms with Crippen LogP contribution in [0.25, 0.3) is 10.9 Å². The Bertz CT molecular complexity index is 882. The summed E-state index contributed by atoms with van der Waals surface area (Å²) in [4.78, 5) is 14.2. The number of carbonyl (C=O) groups is 1. The molecule has 0 aliphatic carbocycles. The van der Waals surface area contributed by atoms with E-state index < -0.39 is 5.97 Å². The molecule has 0 radical (unpaired) electrons. The molecule has 0 aliphatic heterocycles. The fraction of sp³-hybridized carbons (Fsp3) is 0.0625. The fourth-order valence-electron chi connectivity index (χ4n) is 2.13. The SMILES string of the molecule is Cc1ccc(N=Nc2c(C(=O)O)[nH]c3ccc(Cl)cc23)cc1. The molecule has 2 N–H and O–H groups in total. The van der Waals surface area contributed by atoms with Crippen molar-refractivity contribution in [2.75, 3.05) is 0 Å². The van der Waals surface area contributed by atoms with Crippen LogP contribution in [0.3, 0.4) is 0 Å². The molecule has 0 fully saturated rings. The Balaban J connectivity index is 2.11. The van der Waals surface area contributed by atoms with Gasteiger partial charge in [-0.05, 0) is 37.3 Å². The van der Waals surface area contributed by atoms with Gasteiger partial charge in [0.25, 0.3) is 0 Å². The fourth-order valence-corrected chi connectivity index (χ4v) is 2.30. The molecule has 6 heteroatoms. The average molecular weight is 314 g/mol. The van der Waals surface area contributed by atoms with E-state index in [1.54, 1.807) is 18.2 Å². The number of aromatic carboxylic acids is 1. The third-order valence-corrected chi connectivity index (χ3v) is 3.48. The van der Waals surface area contributed by atoms with Gasteiger partial charge in [0.1, 0.15) is 5.69 Å². The number of rotatable bonds is 3. The average Bonchev–Trinajstić information content (AvgIpc) is 2.85. The summed E-state index contributed by atoms with van der Waals surface area (Å²) in [6, 6.07) is 12.5. The zero-order valence-corrected chi connectivity index (χ0v) is 12.4. The number of nitrogens with one attached hydrogen (secondary N) is 1. The van der Waals surface area contributed by atoms with Gasteiger partial charge in [-0.1, -0.05) is 29.3 Å². The Labute approximate surface area is 131 Å². The summed E-state index contributed by atoms with van der Waals surface area (Å²) in [5.74, 6) is -1.09. The van der Waals surface area contributed by atoms with Gasteiger partial charge in [0, 0.05) is 15.9 Å². The van der Waals surface area contributed by atoms with E-state index in [1.165, 1.54) is 0 Å². The molecule has 2 aromatic carbocycles. The summed E-state index contributed by atoms with van der Waals surface area (Å²) in [5, 5.41) is 18.7. The summed E-state index contributed by atoms with van der Waals surface area (Å²) in [5.41, 5.74) is 2.68. The molecule has 3 aromatic rings. The highest BCUT2D eigenvalue weighted by molar-refractivity contribution is 6.31. The van der Waals surface area contributed by atoms with Crippen molar-refractivity contribution in [1.82, 2.24) is 4.98 Å². The minimum absolute atomic E-state index is 0.00636. The number of fused-ring (bicyclic) bond motifs is 1. The number of hydrogen-bond donors (Lipinski definition) is 2. The molecule has 1 aromatic heterocycles. The third kappa shape index (κ3) is 2.71. The summed E-state index contributed by atoms with van der Waals surface area (Å²) in [6.07, 6.45) is 0. The first kappa shape index (κ1) is 14.3. The lowest BCUT2D eigenvalue weighted by atomic mass is 10.2. The third-order valence-electron chi connectivity index (χ3n) is 3.25. The van der Waals surface area contributed by atoms with Crippen molar-refractivity contribution < 1.29 is 9.90 Å². The normalized spacial score (nSPS) is 11.4. The number of hydrogen-bond acceptors (Lipinski definition) is 3. The molecule has 3 rings (SSSR count). The van der Waals surface area contributed by atoms with Gasteiger partial charge in [0.2, 0.25) is 0 Å². The molecule has 0 aliphatic rings. The molecule has 5 nitrogen and oxygen atoms in total. The van der Waals surface area contributed by atoms with E-state index in [0.717, 1.165) is 5.56 Å². The zero-order chi connectivity index (χ0) is 15.7. The Hall–Kier alpha value is -2.66. The number of aromatic amines is 1. The van der Waals surface area contributed by atoms with Crippen LogP contribution in [0.1, 0.15) is 16.1 Å². The molecule has 0 bridgehead atoms. The quantitative estimate of drug-likeness (QED) is 0.648. The zero-order valence-electron chi connectivity index (χ0n) is 11.7. The Kier molecular flexibility index (Phi) is 3.65. The molecular weight excluding hydrogens is 302 g/mol. The molecular formula is C16H12ClN3O2. The molecule has 0 amide bonds.